The second-order valence-electron chi connectivity index (χ2n) is 11.6. The maximum atomic E-state index is 12.0. The van der Waals surface area contributed by atoms with Gasteiger partial charge in [0.1, 0.15) is 12.2 Å². The second kappa shape index (κ2) is 9.67. The van der Waals surface area contributed by atoms with Gasteiger partial charge in [0.25, 0.3) is 0 Å². The molecule has 0 aliphatic carbocycles. The molecule has 192 valence electrons. The molecule has 2 N–H and O–H groups in total. The zero-order chi connectivity index (χ0) is 25.5. The van der Waals surface area contributed by atoms with E-state index in [1.54, 1.807) is 0 Å². The van der Waals surface area contributed by atoms with E-state index in [2.05, 4.69) is 80.7 Å². The van der Waals surface area contributed by atoms with Crippen LogP contribution in [0.15, 0.2) is 29.2 Å². The van der Waals surface area contributed by atoms with Crippen LogP contribution in [0.1, 0.15) is 79.2 Å². The molecule has 4 rings (SSSR count). The highest BCUT2D eigenvalue weighted by atomic mass is 32.2. The van der Waals surface area contributed by atoms with Crippen molar-refractivity contribution in [1.29, 1.82) is 0 Å². The van der Waals surface area contributed by atoms with Gasteiger partial charge in [0, 0.05) is 46.8 Å². The molecule has 1 amide bonds. The Morgan fingerprint density at radius 3 is 2.60 bits per heavy atom. The number of amides is 1. The maximum absolute atomic E-state index is 12.0. The van der Waals surface area contributed by atoms with Crippen molar-refractivity contribution in [1.82, 2.24) is 19.4 Å². The molecule has 0 saturated carbocycles. The van der Waals surface area contributed by atoms with Crippen molar-refractivity contribution >= 4 is 29.5 Å². The number of carbonyl (C=O) groups excluding carboxylic acids is 1. The fourth-order valence-electron chi connectivity index (χ4n) is 4.27. The van der Waals surface area contributed by atoms with Gasteiger partial charge in [-0.25, -0.2) is 9.10 Å². The summed E-state index contributed by atoms with van der Waals surface area (Å²) < 4.78 is 16.1. The lowest BCUT2D eigenvalue weighted by molar-refractivity contribution is 0.0657. The van der Waals surface area contributed by atoms with Crippen LogP contribution in [0.5, 0.6) is 0 Å². The van der Waals surface area contributed by atoms with E-state index in [4.69, 9.17) is 14.6 Å². The van der Waals surface area contributed by atoms with Gasteiger partial charge in [0.15, 0.2) is 5.82 Å². The van der Waals surface area contributed by atoms with Gasteiger partial charge in [-0.3, -0.25) is 4.68 Å². The predicted molar refractivity (Wildman–Crippen MR) is 140 cm³/mol. The molecule has 1 fully saturated rings. The van der Waals surface area contributed by atoms with E-state index < -0.39 is 6.09 Å². The summed E-state index contributed by atoms with van der Waals surface area (Å²) in [5.41, 5.74) is 3.19. The highest BCUT2D eigenvalue weighted by molar-refractivity contribution is 7.97. The molecule has 0 spiro atoms. The SMILES string of the molecule is CC(C)NC(=O)O[C@@H]1COC(c2cc(Nc3cccc4c3CN(C(C)(C)C)S4)nn2C(C)(C)C)C1. The van der Waals surface area contributed by atoms with Crippen LogP contribution >= 0.6 is 11.9 Å². The topological polar surface area (TPSA) is 80.7 Å². The van der Waals surface area contributed by atoms with E-state index in [1.807, 2.05) is 30.5 Å². The number of hydrogen-bond donors (Lipinski definition) is 2. The van der Waals surface area contributed by atoms with Crippen molar-refractivity contribution in [3.05, 3.63) is 35.5 Å². The lowest BCUT2D eigenvalue weighted by Crippen LogP contribution is -2.33. The first kappa shape index (κ1) is 25.9. The first-order valence-electron chi connectivity index (χ1n) is 12.3. The first-order chi connectivity index (χ1) is 16.3. The minimum Gasteiger partial charge on any atom is -0.444 e. The van der Waals surface area contributed by atoms with Crippen LogP contribution in [0.2, 0.25) is 0 Å². The van der Waals surface area contributed by atoms with Gasteiger partial charge in [0.05, 0.1) is 17.8 Å². The fraction of sp³-hybridized carbons (Fsp3) is 0.615. The predicted octanol–water partition coefficient (Wildman–Crippen LogP) is 5.97. The lowest BCUT2D eigenvalue weighted by atomic mass is 10.1. The summed E-state index contributed by atoms with van der Waals surface area (Å²) in [7, 11) is 0. The molecule has 1 saturated heterocycles. The smallest absolute Gasteiger partial charge is 0.407 e. The third-order valence-electron chi connectivity index (χ3n) is 6.00. The summed E-state index contributed by atoms with van der Waals surface area (Å²) in [5, 5.41) is 11.3. The van der Waals surface area contributed by atoms with Crippen LogP contribution in [-0.2, 0) is 21.6 Å². The monoisotopic (exact) mass is 501 g/mol. The number of fused-ring (bicyclic) bond motifs is 1. The van der Waals surface area contributed by atoms with Crippen LogP contribution in [0.3, 0.4) is 0 Å². The third-order valence-corrected chi connectivity index (χ3v) is 7.47. The number of nitrogens with zero attached hydrogens (tertiary/aromatic N) is 3. The van der Waals surface area contributed by atoms with Crippen LogP contribution in [-0.4, -0.2) is 44.5 Å². The molecule has 2 atom stereocenters. The number of alkyl carbamates (subject to hydrolysis) is 1. The molecule has 2 aliphatic rings. The quantitative estimate of drug-likeness (QED) is 0.489. The van der Waals surface area contributed by atoms with Crippen molar-refractivity contribution in [2.75, 3.05) is 11.9 Å². The zero-order valence-electron chi connectivity index (χ0n) is 22.1. The molecule has 9 heteroatoms. The standard InChI is InChI=1S/C26H39N5O3S/c1-16(2)27-24(32)34-17-12-21(33-15-17)20-13-23(29-31(20)26(6,7)8)28-19-10-9-11-22-18(19)14-30(35-22)25(3,4)5/h9-11,13,16-17,21H,12,14-15H2,1-8H3,(H,27,32)(H,28,29)/t17-,21?/m0/s1. The Balaban J connectivity index is 1.53. The molecule has 35 heavy (non-hydrogen) atoms. The number of nitrogens with one attached hydrogen (secondary N) is 2. The van der Waals surface area contributed by atoms with Gasteiger partial charge in [-0.15, -0.1) is 0 Å². The summed E-state index contributed by atoms with van der Waals surface area (Å²) in [4.78, 5) is 13.3. The van der Waals surface area contributed by atoms with Crippen molar-refractivity contribution in [3.63, 3.8) is 0 Å². The Bertz CT molecular complexity index is 1070. The van der Waals surface area contributed by atoms with E-state index >= 15 is 0 Å². The lowest BCUT2D eigenvalue weighted by Gasteiger charge is -2.29. The minimum atomic E-state index is -0.402. The summed E-state index contributed by atoms with van der Waals surface area (Å²) in [6, 6.07) is 8.48. The van der Waals surface area contributed by atoms with Crippen molar-refractivity contribution in [2.24, 2.45) is 0 Å². The van der Waals surface area contributed by atoms with Gasteiger partial charge >= 0.3 is 6.09 Å². The van der Waals surface area contributed by atoms with Gasteiger partial charge in [-0.05, 0) is 79.5 Å². The highest BCUT2D eigenvalue weighted by Gasteiger charge is 2.35. The largest absolute Gasteiger partial charge is 0.444 e. The number of aromatic nitrogens is 2. The van der Waals surface area contributed by atoms with E-state index in [0.717, 1.165) is 23.7 Å². The highest BCUT2D eigenvalue weighted by Crippen LogP contribution is 2.44. The average molecular weight is 502 g/mol. The van der Waals surface area contributed by atoms with Gasteiger partial charge in [0.2, 0.25) is 0 Å². The molecule has 0 bridgehead atoms. The normalized spacial score (nSPS) is 20.8. The molecule has 0 radical (unpaired) electrons. The number of hydrogen-bond acceptors (Lipinski definition) is 7. The molecule has 1 unspecified atom stereocenters. The molecule has 8 nitrogen and oxygen atoms in total. The van der Waals surface area contributed by atoms with Crippen LogP contribution in [0.25, 0.3) is 0 Å². The van der Waals surface area contributed by atoms with Gasteiger partial charge in [-0.2, -0.15) is 5.10 Å². The Hall–Kier alpha value is -2.23. The Morgan fingerprint density at radius 2 is 1.94 bits per heavy atom. The zero-order valence-corrected chi connectivity index (χ0v) is 23.0. The van der Waals surface area contributed by atoms with Crippen LogP contribution < -0.4 is 10.6 Å². The van der Waals surface area contributed by atoms with E-state index in [9.17, 15) is 4.79 Å². The van der Waals surface area contributed by atoms with Crippen molar-refractivity contribution in [2.45, 2.75) is 103 Å². The first-order valence-corrected chi connectivity index (χ1v) is 13.1. The number of ether oxygens (including phenoxy) is 2. The minimum absolute atomic E-state index is 0.0323. The average Bonchev–Trinajstić information content (AvgIpc) is 3.44. The number of benzene rings is 1. The van der Waals surface area contributed by atoms with Crippen molar-refractivity contribution < 1.29 is 14.3 Å². The summed E-state index contributed by atoms with van der Waals surface area (Å²) in [6.45, 7) is 18.2. The molecule has 3 heterocycles. The van der Waals surface area contributed by atoms with Crippen LogP contribution in [0.4, 0.5) is 16.3 Å². The van der Waals surface area contributed by atoms with Gasteiger partial charge < -0.3 is 20.1 Å². The molecule has 2 aromatic rings. The number of anilines is 2. The maximum Gasteiger partial charge on any atom is 0.407 e. The van der Waals surface area contributed by atoms with Crippen LogP contribution in [0, 0.1) is 0 Å². The number of carbonyl (C=O) groups is 1. The molecule has 2 aliphatic heterocycles. The Labute approximate surface area is 213 Å². The summed E-state index contributed by atoms with van der Waals surface area (Å²) in [5.74, 6) is 0.785. The fourth-order valence-corrected chi connectivity index (χ4v) is 5.40. The second-order valence-corrected chi connectivity index (χ2v) is 12.7. The molecular weight excluding hydrogens is 462 g/mol. The summed E-state index contributed by atoms with van der Waals surface area (Å²) in [6.07, 6.45) is -0.273. The Kier molecular flexibility index (Phi) is 7.14. The third kappa shape index (κ3) is 5.95. The van der Waals surface area contributed by atoms with Crippen molar-refractivity contribution in [3.8, 4) is 0 Å². The molecular formula is C26H39N5O3S. The van der Waals surface area contributed by atoms with Gasteiger partial charge in [-0.1, -0.05) is 6.07 Å². The number of rotatable bonds is 5. The Morgan fingerprint density at radius 1 is 1.20 bits per heavy atom. The molecule has 1 aromatic heterocycles. The van der Waals surface area contributed by atoms with E-state index in [1.165, 1.54) is 10.5 Å². The van der Waals surface area contributed by atoms with E-state index in [0.29, 0.717) is 13.0 Å². The molecule has 1 aromatic carbocycles. The summed E-state index contributed by atoms with van der Waals surface area (Å²) >= 11 is 1.81. The van der Waals surface area contributed by atoms with E-state index in [-0.39, 0.29) is 29.3 Å².